The number of halogens is 2. The van der Waals surface area contributed by atoms with Gasteiger partial charge < -0.3 is 9.73 Å². The lowest BCUT2D eigenvalue weighted by molar-refractivity contribution is -0.115. The molecule has 1 N–H and O–H groups in total. The molecule has 1 aromatic carbocycles. The number of hydrogen-bond acceptors (Lipinski definition) is 6. The van der Waals surface area contributed by atoms with Crippen molar-refractivity contribution >= 4 is 46.6 Å². The van der Waals surface area contributed by atoms with Gasteiger partial charge in [0.15, 0.2) is 5.15 Å². The van der Waals surface area contributed by atoms with Gasteiger partial charge in [0, 0.05) is 16.8 Å². The Morgan fingerprint density at radius 2 is 2.08 bits per heavy atom. The number of aromatic nitrogens is 3. The van der Waals surface area contributed by atoms with Crippen molar-refractivity contribution in [3.63, 3.8) is 0 Å². The van der Waals surface area contributed by atoms with Gasteiger partial charge in [-0.25, -0.2) is 4.98 Å². The lowest BCUT2D eigenvalue weighted by Crippen LogP contribution is -2.22. The van der Waals surface area contributed by atoms with Gasteiger partial charge in [-0.2, -0.15) is 0 Å². The molecule has 25 heavy (non-hydrogen) atoms. The van der Waals surface area contributed by atoms with Crippen molar-refractivity contribution < 1.29 is 9.21 Å². The second-order valence-corrected chi connectivity index (χ2v) is 7.06. The molecule has 1 amide bonds. The number of anilines is 1. The Bertz CT molecular complexity index is 903. The predicted molar refractivity (Wildman–Crippen MR) is 97.9 cm³/mol. The minimum absolute atomic E-state index is 0.231. The van der Waals surface area contributed by atoms with Gasteiger partial charge in [0.25, 0.3) is 5.22 Å². The van der Waals surface area contributed by atoms with E-state index in [1.165, 1.54) is 0 Å². The Labute approximate surface area is 158 Å². The molecule has 2 heterocycles. The fourth-order valence-corrected chi connectivity index (χ4v) is 2.95. The van der Waals surface area contributed by atoms with Gasteiger partial charge >= 0.3 is 0 Å². The molecule has 3 aromatic rings. The van der Waals surface area contributed by atoms with E-state index in [9.17, 15) is 4.79 Å². The van der Waals surface area contributed by atoms with Crippen molar-refractivity contribution in [1.29, 1.82) is 0 Å². The first-order chi connectivity index (χ1) is 12.0. The lowest BCUT2D eigenvalue weighted by atomic mass is 10.2. The summed E-state index contributed by atoms with van der Waals surface area (Å²) >= 11 is 13.0. The SMILES string of the molecule is C[C@H](Sc1nnc(-c2cccc(Cl)c2)o1)C(=O)Nc1cccnc1Cl. The molecule has 1 atom stereocenters. The van der Waals surface area contributed by atoms with E-state index >= 15 is 0 Å². The minimum atomic E-state index is -0.469. The van der Waals surface area contributed by atoms with Crippen molar-refractivity contribution in [2.75, 3.05) is 5.32 Å². The molecule has 0 spiro atoms. The van der Waals surface area contributed by atoms with Crippen LogP contribution in [0, 0.1) is 0 Å². The van der Waals surface area contributed by atoms with Crippen molar-refractivity contribution in [2.24, 2.45) is 0 Å². The number of pyridine rings is 1. The van der Waals surface area contributed by atoms with Gasteiger partial charge in [0.05, 0.1) is 10.9 Å². The highest BCUT2D eigenvalue weighted by atomic mass is 35.5. The quantitative estimate of drug-likeness (QED) is 0.504. The van der Waals surface area contributed by atoms with Crippen LogP contribution in [-0.2, 0) is 4.79 Å². The molecular weight excluding hydrogens is 383 g/mol. The molecule has 3 rings (SSSR count). The third-order valence-electron chi connectivity index (χ3n) is 3.14. The molecule has 0 unspecified atom stereocenters. The van der Waals surface area contributed by atoms with Crippen LogP contribution in [0.25, 0.3) is 11.5 Å². The Hall–Kier alpha value is -2.09. The first-order valence-corrected chi connectivity index (χ1v) is 8.84. The molecule has 9 heteroatoms. The number of amides is 1. The smallest absolute Gasteiger partial charge is 0.277 e. The third kappa shape index (κ3) is 4.50. The van der Waals surface area contributed by atoms with Crippen LogP contribution in [0.15, 0.2) is 52.2 Å². The average Bonchev–Trinajstić information content (AvgIpc) is 3.05. The Morgan fingerprint density at radius 1 is 1.24 bits per heavy atom. The number of carbonyl (C=O) groups is 1. The van der Waals surface area contributed by atoms with Crippen LogP contribution in [0.4, 0.5) is 5.69 Å². The summed E-state index contributed by atoms with van der Waals surface area (Å²) in [5.74, 6) is 0.0929. The summed E-state index contributed by atoms with van der Waals surface area (Å²) in [6.07, 6.45) is 1.55. The lowest BCUT2D eigenvalue weighted by Gasteiger charge is -2.10. The fourth-order valence-electron chi connectivity index (χ4n) is 1.91. The molecule has 0 aliphatic carbocycles. The van der Waals surface area contributed by atoms with Crippen molar-refractivity contribution in [3.05, 3.63) is 52.8 Å². The zero-order valence-corrected chi connectivity index (χ0v) is 15.3. The number of rotatable bonds is 5. The zero-order valence-electron chi connectivity index (χ0n) is 12.9. The van der Waals surface area contributed by atoms with Crippen LogP contribution in [0.2, 0.25) is 10.2 Å². The molecule has 0 aliphatic heterocycles. The maximum Gasteiger partial charge on any atom is 0.277 e. The Balaban J connectivity index is 1.66. The third-order valence-corrected chi connectivity index (χ3v) is 4.61. The number of nitrogens with zero attached hydrogens (tertiary/aromatic N) is 3. The first kappa shape index (κ1) is 17.7. The average molecular weight is 395 g/mol. The molecule has 6 nitrogen and oxygen atoms in total. The second-order valence-electron chi connectivity index (χ2n) is 4.97. The maximum absolute atomic E-state index is 12.3. The van der Waals surface area contributed by atoms with Crippen molar-refractivity contribution in [1.82, 2.24) is 15.2 Å². The van der Waals surface area contributed by atoms with Crippen LogP contribution < -0.4 is 5.32 Å². The summed E-state index contributed by atoms with van der Waals surface area (Å²) < 4.78 is 5.58. The van der Waals surface area contributed by atoms with Crippen molar-refractivity contribution in [2.45, 2.75) is 17.4 Å². The number of carbonyl (C=O) groups excluding carboxylic acids is 1. The first-order valence-electron chi connectivity index (χ1n) is 7.20. The van der Waals surface area contributed by atoms with Crippen LogP contribution in [0.3, 0.4) is 0 Å². The largest absolute Gasteiger partial charge is 0.411 e. The molecule has 0 saturated carbocycles. The van der Waals surface area contributed by atoms with Crippen LogP contribution in [-0.4, -0.2) is 26.3 Å². The molecule has 2 aromatic heterocycles. The summed E-state index contributed by atoms with van der Waals surface area (Å²) in [6, 6.07) is 10.5. The molecule has 0 radical (unpaired) electrons. The van der Waals surface area contributed by atoms with E-state index in [1.807, 2.05) is 6.07 Å². The molecule has 0 saturated heterocycles. The van der Waals surface area contributed by atoms with E-state index in [1.54, 1.807) is 43.5 Å². The van der Waals surface area contributed by atoms with Gasteiger partial charge in [-0.3, -0.25) is 4.79 Å². The van der Waals surface area contributed by atoms with Crippen LogP contribution in [0.1, 0.15) is 6.92 Å². The van der Waals surface area contributed by atoms with Gasteiger partial charge in [-0.05, 0) is 37.3 Å². The van der Waals surface area contributed by atoms with E-state index in [0.717, 1.165) is 11.8 Å². The van der Waals surface area contributed by atoms with E-state index in [-0.39, 0.29) is 16.3 Å². The highest BCUT2D eigenvalue weighted by Crippen LogP contribution is 2.28. The van der Waals surface area contributed by atoms with Crippen molar-refractivity contribution in [3.8, 4) is 11.5 Å². The predicted octanol–water partition coefficient (Wildman–Crippen LogP) is 4.56. The highest BCUT2D eigenvalue weighted by molar-refractivity contribution is 8.00. The van der Waals surface area contributed by atoms with Gasteiger partial charge in [0.2, 0.25) is 11.8 Å². The molecular formula is C16H12Cl2N4O2S. The molecule has 0 fully saturated rings. The summed E-state index contributed by atoms with van der Waals surface area (Å²) in [4.78, 5) is 16.2. The van der Waals surface area contributed by atoms with Crippen LogP contribution >= 0.6 is 35.0 Å². The maximum atomic E-state index is 12.3. The number of hydrogen-bond donors (Lipinski definition) is 1. The number of nitrogens with one attached hydrogen (secondary N) is 1. The van der Waals surface area contributed by atoms with E-state index in [0.29, 0.717) is 22.2 Å². The summed E-state index contributed by atoms with van der Waals surface area (Å²) in [7, 11) is 0. The standard InChI is InChI=1S/C16H12Cl2N4O2S/c1-9(14(23)20-12-6-3-7-19-13(12)18)25-16-22-21-15(24-16)10-4-2-5-11(17)8-10/h2-9H,1H3,(H,20,23)/t9-/m0/s1. The monoisotopic (exact) mass is 394 g/mol. The topological polar surface area (TPSA) is 80.9 Å². The normalized spacial score (nSPS) is 12.0. The van der Waals surface area contributed by atoms with Gasteiger partial charge in [-0.15, -0.1) is 10.2 Å². The molecule has 0 aliphatic rings. The van der Waals surface area contributed by atoms with Gasteiger partial charge in [-0.1, -0.05) is 41.0 Å². The Kier molecular flexibility index (Phi) is 5.57. The molecule has 0 bridgehead atoms. The molecule has 128 valence electrons. The van der Waals surface area contributed by atoms with E-state index in [2.05, 4.69) is 20.5 Å². The van der Waals surface area contributed by atoms with E-state index < -0.39 is 5.25 Å². The summed E-state index contributed by atoms with van der Waals surface area (Å²) in [5, 5.41) is 11.3. The fraction of sp³-hybridized carbons (Fsp3) is 0.125. The number of benzene rings is 1. The highest BCUT2D eigenvalue weighted by Gasteiger charge is 2.19. The summed E-state index contributed by atoms with van der Waals surface area (Å²) in [6.45, 7) is 1.73. The second kappa shape index (κ2) is 7.86. The van der Waals surface area contributed by atoms with E-state index in [4.69, 9.17) is 27.6 Å². The number of thioether (sulfide) groups is 1. The van der Waals surface area contributed by atoms with Gasteiger partial charge in [0.1, 0.15) is 0 Å². The van der Waals surface area contributed by atoms with Crippen LogP contribution in [0.5, 0.6) is 0 Å². The minimum Gasteiger partial charge on any atom is -0.411 e. The summed E-state index contributed by atoms with van der Waals surface area (Å²) in [5.41, 5.74) is 1.16. The zero-order chi connectivity index (χ0) is 17.8. The Morgan fingerprint density at radius 3 is 2.84 bits per heavy atom.